The molecule has 2 heterocycles. The number of thiazole rings is 1. The molecule has 1 amide bonds. The topological polar surface area (TPSA) is 74.8 Å². The molecular weight excluding hydrogens is 262 g/mol. The van der Waals surface area contributed by atoms with Crippen molar-refractivity contribution in [3.05, 3.63) is 49.8 Å². The number of carbonyl (C=O) groups excluding carboxylic acids is 1. The Morgan fingerprint density at radius 3 is 2.74 bits per heavy atom. The summed E-state index contributed by atoms with van der Waals surface area (Å²) in [7, 11) is 0. The number of hydrogen-bond donors (Lipinski definition) is 2. The van der Waals surface area contributed by atoms with Crippen molar-refractivity contribution in [2.24, 2.45) is 0 Å². The summed E-state index contributed by atoms with van der Waals surface area (Å²) in [5.41, 5.74) is 0.750. The van der Waals surface area contributed by atoms with E-state index in [2.05, 4.69) is 15.3 Å². The van der Waals surface area contributed by atoms with Crippen molar-refractivity contribution in [2.75, 3.05) is 0 Å². The van der Waals surface area contributed by atoms with Crippen molar-refractivity contribution in [2.45, 2.75) is 26.8 Å². The summed E-state index contributed by atoms with van der Waals surface area (Å²) in [6.45, 7) is 5.58. The van der Waals surface area contributed by atoms with Gasteiger partial charge in [0, 0.05) is 28.4 Å². The van der Waals surface area contributed by atoms with Crippen molar-refractivity contribution < 1.29 is 4.79 Å². The number of aryl methyl sites for hydroxylation is 2. The summed E-state index contributed by atoms with van der Waals surface area (Å²) < 4.78 is 0. The van der Waals surface area contributed by atoms with Crippen molar-refractivity contribution in [3.8, 4) is 0 Å². The van der Waals surface area contributed by atoms with Crippen LogP contribution in [-0.2, 0) is 0 Å². The number of H-pyrrole nitrogens is 1. The summed E-state index contributed by atoms with van der Waals surface area (Å²) in [6, 6.07) is 2.77. The Morgan fingerprint density at radius 1 is 1.42 bits per heavy atom. The summed E-state index contributed by atoms with van der Waals surface area (Å²) in [4.78, 5) is 31.3. The fourth-order valence-corrected chi connectivity index (χ4v) is 2.50. The number of aromatic nitrogens is 2. The second-order valence-corrected chi connectivity index (χ2v) is 5.69. The quantitative estimate of drug-likeness (QED) is 0.900. The molecule has 6 heteroatoms. The van der Waals surface area contributed by atoms with E-state index in [1.165, 1.54) is 6.07 Å². The number of rotatable bonds is 3. The van der Waals surface area contributed by atoms with Crippen molar-refractivity contribution in [1.82, 2.24) is 15.3 Å². The smallest absolute Gasteiger partial charge is 0.252 e. The molecular formula is C13H15N3O2S. The summed E-state index contributed by atoms with van der Waals surface area (Å²) in [5.74, 6) is -0.269. The highest BCUT2D eigenvalue weighted by atomic mass is 32.1. The molecule has 0 saturated carbocycles. The highest BCUT2D eigenvalue weighted by Gasteiger charge is 2.14. The van der Waals surface area contributed by atoms with Crippen LogP contribution in [0.25, 0.3) is 0 Å². The van der Waals surface area contributed by atoms with Gasteiger partial charge in [0.15, 0.2) is 0 Å². The van der Waals surface area contributed by atoms with Gasteiger partial charge >= 0.3 is 0 Å². The van der Waals surface area contributed by atoms with Crippen LogP contribution in [0.4, 0.5) is 0 Å². The number of hydrogen-bond acceptors (Lipinski definition) is 4. The molecule has 2 rings (SSSR count). The molecule has 0 fully saturated rings. The van der Waals surface area contributed by atoms with E-state index >= 15 is 0 Å². The Balaban J connectivity index is 2.14. The number of aromatic amines is 1. The highest BCUT2D eigenvalue weighted by molar-refractivity contribution is 7.11. The monoisotopic (exact) mass is 277 g/mol. The first-order chi connectivity index (χ1) is 8.95. The van der Waals surface area contributed by atoms with Gasteiger partial charge in [-0.3, -0.25) is 9.59 Å². The largest absolute Gasteiger partial charge is 0.343 e. The maximum Gasteiger partial charge on any atom is 0.252 e. The van der Waals surface area contributed by atoms with Gasteiger partial charge in [-0.05, 0) is 26.8 Å². The molecule has 100 valence electrons. The molecule has 0 radical (unpaired) electrons. The standard InChI is InChI=1S/C13H15N3O2S/c1-7-4-10(5-11(17)15-7)12(18)16-9(3)13-14-6-8(2)19-13/h4-6,9H,1-3H3,(H,15,17)(H,16,18). The number of pyridine rings is 1. The van der Waals surface area contributed by atoms with Crippen LogP contribution in [0.1, 0.15) is 38.9 Å². The lowest BCUT2D eigenvalue weighted by Crippen LogP contribution is -2.27. The van der Waals surface area contributed by atoms with Crippen LogP contribution >= 0.6 is 11.3 Å². The number of nitrogens with one attached hydrogen (secondary N) is 2. The van der Waals surface area contributed by atoms with Crippen LogP contribution in [0, 0.1) is 13.8 Å². The van der Waals surface area contributed by atoms with E-state index in [1.54, 1.807) is 30.5 Å². The van der Waals surface area contributed by atoms with Crippen LogP contribution in [-0.4, -0.2) is 15.9 Å². The fraction of sp³-hybridized carbons (Fsp3) is 0.308. The van der Waals surface area contributed by atoms with Crippen LogP contribution in [0.15, 0.2) is 23.1 Å². The average molecular weight is 277 g/mol. The molecule has 0 aromatic carbocycles. The van der Waals surface area contributed by atoms with Crippen molar-refractivity contribution in [1.29, 1.82) is 0 Å². The van der Waals surface area contributed by atoms with Crippen molar-refractivity contribution in [3.63, 3.8) is 0 Å². The van der Waals surface area contributed by atoms with Crippen LogP contribution < -0.4 is 10.9 Å². The van der Waals surface area contributed by atoms with Crippen LogP contribution in [0.3, 0.4) is 0 Å². The third kappa shape index (κ3) is 3.29. The van der Waals surface area contributed by atoms with Crippen LogP contribution in [0.2, 0.25) is 0 Å². The minimum atomic E-state index is -0.275. The first kappa shape index (κ1) is 13.5. The first-order valence-corrected chi connectivity index (χ1v) is 6.71. The average Bonchev–Trinajstić information content (AvgIpc) is 2.74. The van der Waals surface area contributed by atoms with Gasteiger partial charge in [-0.1, -0.05) is 0 Å². The molecule has 2 aromatic heterocycles. The molecule has 5 nitrogen and oxygen atoms in total. The Kier molecular flexibility index (Phi) is 3.80. The van der Waals surface area contributed by atoms with E-state index in [9.17, 15) is 9.59 Å². The molecule has 0 bridgehead atoms. The minimum absolute atomic E-state index is 0.175. The third-order valence-corrected chi connectivity index (χ3v) is 3.69. The zero-order chi connectivity index (χ0) is 14.0. The van der Waals surface area contributed by atoms with Gasteiger partial charge in [0.05, 0.1) is 6.04 Å². The predicted molar refractivity (Wildman–Crippen MR) is 74.5 cm³/mol. The summed E-state index contributed by atoms with van der Waals surface area (Å²) >= 11 is 1.55. The van der Waals surface area contributed by atoms with E-state index in [0.717, 1.165) is 9.88 Å². The molecule has 0 aliphatic carbocycles. The summed E-state index contributed by atoms with van der Waals surface area (Å²) in [6.07, 6.45) is 1.78. The SMILES string of the molecule is Cc1cc(C(=O)NC(C)c2ncc(C)s2)cc(=O)[nH]1. The number of carbonyl (C=O) groups is 1. The second-order valence-electron chi connectivity index (χ2n) is 4.42. The zero-order valence-electron chi connectivity index (χ0n) is 11.0. The van der Waals surface area contributed by atoms with E-state index in [0.29, 0.717) is 11.3 Å². The van der Waals surface area contributed by atoms with Gasteiger partial charge in [-0.25, -0.2) is 4.98 Å². The fourth-order valence-electron chi connectivity index (χ4n) is 1.73. The van der Waals surface area contributed by atoms with Crippen LogP contribution in [0.5, 0.6) is 0 Å². The Labute approximate surface area is 114 Å². The van der Waals surface area contributed by atoms with Gasteiger partial charge in [0.25, 0.3) is 5.91 Å². The van der Waals surface area contributed by atoms with E-state index < -0.39 is 0 Å². The molecule has 0 spiro atoms. The molecule has 19 heavy (non-hydrogen) atoms. The molecule has 2 aromatic rings. The van der Waals surface area contributed by atoms with Gasteiger partial charge in [-0.2, -0.15) is 0 Å². The Hall–Kier alpha value is -1.95. The van der Waals surface area contributed by atoms with E-state index in [4.69, 9.17) is 0 Å². The van der Waals surface area contributed by atoms with Crippen molar-refractivity contribution >= 4 is 17.2 Å². The Morgan fingerprint density at radius 2 is 2.16 bits per heavy atom. The molecule has 0 saturated heterocycles. The lowest BCUT2D eigenvalue weighted by atomic mass is 10.2. The molecule has 1 unspecified atom stereocenters. The van der Waals surface area contributed by atoms with Gasteiger partial charge < -0.3 is 10.3 Å². The number of amides is 1. The van der Waals surface area contributed by atoms with Gasteiger partial charge in [0.1, 0.15) is 5.01 Å². The van der Waals surface area contributed by atoms with Gasteiger partial charge in [-0.15, -0.1) is 11.3 Å². The minimum Gasteiger partial charge on any atom is -0.343 e. The zero-order valence-corrected chi connectivity index (χ0v) is 11.8. The molecule has 2 N–H and O–H groups in total. The predicted octanol–water partition coefficient (Wildman–Crippen LogP) is 1.94. The second kappa shape index (κ2) is 5.36. The molecule has 0 aliphatic heterocycles. The molecule has 1 atom stereocenters. The number of nitrogens with zero attached hydrogens (tertiary/aromatic N) is 1. The Bertz CT molecular complexity index is 660. The first-order valence-electron chi connectivity index (χ1n) is 5.90. The molecule has 0 aliphatic rings. The van der Waals surface area contributed by atoms with Gasteiger partial charge in [0.2, 0.25) is 5.56 Å². The van der Waals surface area contributed by atoms with E-state index in [1.807, 2.05) is 13.8 Å². The highest BCUT2D eigenvalue weighted by Crippen LogP contribution is 2.19. The maximum absolute atomic E-state index is 12.1. The lowest BCUT2D eigenvalue weighted by molar-refractivity contribution is 0.0939. The van der Waals surface area contributed by atoms with E-state index in [-0.39, 0.29) is 17.5 Å². The summed E-state index contributed by atoms with van der Waals surface area (Å²) in [5, 5.41) is 3.69. The lowest BCUT2D eigenvalue weighted by Gasteiger charge is -2.11. The normalized spacial score (nSPS) is 12.2. The third-order valence-electron chi connectivity index (χ3n) is 2.60. The maximum atomic E-state index is 12.1.